The zero-order valence-electron chi connectivity index (χ0n) is 8.51. The van der Waals surface area contributed by atoms with Crippen LogP contribution in [0.3, 0.4) is 0 Å². The molecule has 0 bridgehead atoms. The van der Waals surface area contributed by atoms with Crippen molar-refractivity contribution >= 4 is 16.1 Å². The highest BCUT2D eigenvalue weighted by Gasteiger charge is 2.10. The number of hydrogen-bond acceptors (Lipinski definition) is 6. The number of carbonyl (C=O) groups excluding carboxylic acids is 1. The Morgan fingerprint density at radius 2 is 2.13 bits per heavy atom. The summed E-state index contributed by atoms with van der Waals surface area (Å²) in [7, 11) is -3.67. The predicted octanol–water partition coefficient (Wildman–Crippen LogP) is -0.242. The average molecular weight is 237 g/mol. The van der Waals surface area contributed by atoms with Gasteiger partial charge >= 0.3 is 5.97 Å². The monoisotopic (exact) mass is 237 g/mol. The van der Waals surface area contributed by atoms with Gasteiger partial charge in [-0.05, 0) is 6.42 Å². The van der Waals surface area contributed by atoms with E-state index in [1.807, 2.05) is 6.92 Å². The van der Waals surface area contributed by atoms with E-state index in [0.717, 1.165) is 0 Å². The first-order valence-electron chi connectivity index (χ1n) is 4.42. The second-order valence-electron chi connectivity index (χ2n) is 2.56. The van der Waals surface area contributed by atoms with Crippen LogP contribution in [0.25, 0.3) is 0 Å². The first-order chi connectivity index (χ1) is 7.02. The molecule has 0 aromatic carbocycles. The lowest BCUT2D eigenvalue weighted by molar-refractivity contribution is -0.143. The summed E-state index contributed by atoms with van der Waals surface area (Å²) in [4.78, 5) is 10.8. The normalized spacial score (nSPS) is 11.9. The molecule has 0 saturated carbocycles. The summed E-state index contributed by atoms with van der Waals surface area (Å²) in [5.41, 5.74) is 5.03. The molecule has 0 aliphatic carbocycles. The van der Waals surface area contributed by atoms with E-state index in [1.54, 1.807) is 6.08 Å². The number of allylic oxidation sites excluding steroid dienone is 1. The third-order valence-corrected chi connectivity index (χ3v) is 2.48. The van der Waals surface area contributed by atoms with Crippen LogP contribution in [-0.4, -0.2) is 33.5 Å². The molecular formula is C8H15NO5S. The molecule has 0 spiro atoms. The minimum absolute atomic E-state index is 0.0357. The molecular weight excluding hydrogens is 222 g/mol. The quantitative estimate of drug-likeness (QED) is 0.284. The molecule has 0 aromatic heterocycles. The number of ether oxygens (including phenoxy) is 1. The topological polar surface area (TPSA) is 95.7 Å². The molecule has 0 rings (SSSR count). The lowest BCUT2D eigenvalue weighted by atomic mass is 10.4. The Balaban J connectivity index is 3.80. The Hall–Kier alpha value is -0.920. The lowest BCUT2D eigenvalue weighted by Crippen LogP contribution is -2.20. The third-order valence-electron chi connectivity index (χ3n) is 1.29. The van der Waals surface area contributed by atoms with E-state index in [9.17, 15) is 13.2 Å². The van der Waals surface area contributed by atoms with Crippen molar-refractivity contribution in [3.05, 3.63) is 12.2 Å². The molecule has 0 heterocycles. The molecule has 0 saturated heterocycles. The molecule has 0 fully saturated rings. The average Bonchev–Trinajstić information content (AvgIpc) is 2.14. The molecule has 0 aromatic rings. The van der Waals surface area contributed by atoms with E-state index in [0.29, 0.717) is 6.42 Å². The number of hydrogen-bond donors (Lipinski definition) is 1. The van der Waals surface area contributed by atoms with Gasteiger partial charge in [-0.3, -0.25) is 0 Å². The fourth-order valence-corrected chi connectivity index (χ4v) is 1.22. The number of nitrogens with two attached hydrogens (primary N) is 1. The molecule has 0 aliphatic rings. The summed E-state index contributed by atoms with van der Waals surface area (Å²) in [5, 5.41) is 0. The zero-order valence-corrected chi connectivity index (χ0v) is 9.33. The Bertz CT molecular complexity index is 309. The lowest BCUT2D eigenvalue weighted by Gasteiger charge is -2.03. The van der Waals surface area contributed by atoms with Crippen LogP contribution in [0, 0.1) is 0 Å². The summed E-state index contributed by atoms with van der Waals surface area (Å²) in [6.07, 6.45) is 3.50. The Morgan fingerprint density at radius 1 is 1.47 bits per heavy atom. The summed E-state index contributed by atoms with van der Waals surface area (Å²) >= 11 is 0. The van der Waals surface area contributed by atoms with Gasteiger partial charge in [0.2, 0.25) is 6.79 Å². The second kappa shape index (κ2) is 7.38. The summed E-state index contributed by atoms with van der Waals surface area (Å²) in [6, 6.07) is 0. The van der Waals surface area contributed by atoms with Crippen molar-refractivity contribution in [2.24, 2.45) is 5.73 Å². The van der Waals surface area contributed by atoms with Gasteiger partial charge in [0.1, 0.15) is 0 Å². The minimum atomic E-state index is -3.67. The first-order valence-corrected chi connectivity index (χ1v) is 6.00. The van der Waals surface area contributed by atoms with Crippen molar-refractivity contribution in [1.29, 1.82) is 0 Å². The molecule has 2 N–H and O–H groups in total. The Kier molecular flexibility index (Phi) is 6.93. The SMILES string of the molecule is CCC=CC(=O)OCOS(=O)(=O)CCN. The van der Waals surface area contributed by atoms with Crippen LogP contribution in [0.1, 0.15) is 13.3 Å². The van der Waals surface area contributed by atoms with Gasteiger partial charge in [0, 0.05) is 12.6 Å². The molecule has 7 heteroatoms. The van der Waals surface area contributed by atoms with Crippen LogP contribution < -0.4 is 5.73 Å². The van der Waals surface area contributed by atoms with E-state index >= 15 is 0 Å². The molecule has 0 atom stereocenters. The smallest absolute Gasteiger partial charge is 0.332 e. The highest BCUT2D eigenvalue weighted by atomic mass is 32.2. The van der Waals surface area contributed by atoms with Crippen molar-refractivity contribution in [1.82, 2.24) is 0 Å². The maximum Gasteiger partial charge on any atom is 0.332 e. The van der Waals surface area contributed by atoms with Gasteiger partial charge in [-0.2, -0.15) is 8.42 Å². The van der Waals surface area contributed by atoms with Gasteiger partial charge in [-0.1, -0.05) is 13.0 Å². The Morgan fingerprint density at radius 3 is 2.67 bits per heavy atom. The molecule has 0 amide bonds. The van der Waals surface area contributed by atoms with E-state index in [4.69, 9.17) is 5.73 Å². The van der Waals surface area contributed by atoms with Gasteiger partial charge in [0.05, 0.1) is 5.75 Å². The van der Waals surface area contributed by atoms with E-state index in [2.05, 4.69) is 8.92 Å². The van der Waals surface area contributed by atoms with Crippen molar-refractivity contribution in [2.45, 2.75) is 13.3 Å². The molecule has 0 unspecified atom stereocenters. The fourth-order valence-electron chi connectivity index (χ4n) is 0.621. The fraction of sp³-hybridized carbons (Fsp3) is 0.625. The standard InChI is InChI=1S/C8H15NO5S/c1-2-3-4-8(10)13-7-14-15(11,12)6-5-9/h3-4H,2,5-7,9H2,1H3. The minimum Gasteiger partial charge on any atom is -0.434 e. The van der Waals surface area contributed by atoms with E-state index in [-0.39, 0.29) is 12.3 Å². The molecule has 0 radical (unpaired) electrons. The number of carbonyl (C=O) groups is 1. The summed E-state index contributed by atoms with van der Waals surface area (Å²) in [6.45, 7) is 1.20. The number of rotatable bonds is 7. The Labute approximate surface area is 89.2 Å². The van der Waals surface area contributed by atoms with Crippen LogP contribution in [0.5, 0.6) is 0 Å². The highest BCUT2D eigenvalue weighted by Crippen LogP contribution is 1.93. The predicted molar refractivity (Wildman–Crippen MR) is 54.3 cm³/mol. The van der Waals surface area contributed by atoms with E-state index in [1.165, 1.54) is 6.08 Å². The van der Waals surface area contributed by atoms with Crippen LogP contribution in [0.15, 0.2) is 12.2 Å². The van der Waals surface area contributed by atoms with Gasteiger partial charge in [-0.25, -0.2) is 8.98 Å². The zero-order chi connectivity index (χ0) is 11.7. The van der Waals surface area contributed by atoms with Crippen molar-refractivity contribution in [3.8, 4) is 0 Å². The highest BCUT2D eigenvalue weighted by molar-refractivity contribution is 7.86. The summed E-state index contributed by atoms with van der Waals surface area (Å²) in [5.74, 6) is -0.935. The van der Waals surface area contributed by atoms with Crippen molar-refractivity contribution in [2.75, 3.05) is 19.1 Å². The van der Waals surface area contributed by atoms with Gasteiger partial charge in [0.15, 0.2) is 0 Å². The molecule has 0 aliphatic heterocycles. The van der Waals surface area contributed by atoms with Gasteiger partial charge < -0.3 is 10.5 Å². The first kappa shape index (κ1) is 14.1. The molecule has 6 nitrogen and oxygen atoms in total. The third kappa shape index (κ3) is 8.10. The number of esters is 1. The molecule has 15 heavy (non-hydrogen) atoms. The maximum absolute atomic E-state index is 10.9. The van der Waals surface area contributed by atoms with Crippen LogP contribution in [0.2, 0.25) is 0 Å². The van der Waals surface area contributed by atoms with Crippen molar-refractivity contribution < 1.29 is 22.1 Å². The van der Waals surface area contributed by atoms with Crippen molar-refractivity contribution in [3.63, 3.8) is 0 Å². The van der Waals surface area contributed by atoms with Crippen LogP contribution >= 0.6 is 0 Å². The van der Waals surface area contributed by atoms with Gasteiger partial charge in [0.25, 0.3) is 10.1 Å². The second-order valence-corrected chi connectivity index (χ2v) is 4.32. The van der Waals surface area contributed by atoms with Gasteiger partial charge in [-0.15, -0.1) is 0 Å². The van der Waals surface area contributed by atoms with E-state index < -0.39 is 22.9 Å². The maximum atomic E-state index is 10.9. The molecule has 88 valence electrons. The van der Waals surface area contributed by atoms with Crippen LogP contribution in [0.4, 0.5) is 0 Å². The largest absolute Gasteiger partial charge is 0.434 e. The van der Waals surface area contributed by atoms with Crippen LogP contribution in [-0.2, 0) is 23.8 Å². The summed E-state index contributed by atoms with van der Waals surface area (Å²) < 4.78 is 30.6.